The van der Waals surface area contributed by atoms with Crippen LogP contribution in [0.2, 0.25) is 0 Å². The normalized spacial score (nSPS) is 13.3. The third kappa shape index (κ3) is 5.28. The molecule has 0 amide bonds. The first-order chi connectivity index (χ1) is 31.3. The third-order valence-electron chi connectivity index (χ3n) is 13.5. The number of fused-ring (bicyclic) bond motifs is 9. The number of para-hydroxylation sites is 3. The molecule has 2 aliphatic rings. The summed E-state index contributed by atoms with van der Waals surface area (Å²) < 4.78 is 7.08. The summed E-state index contributed by atoms with van der Waals surface area (Å²) in [6.45, 7) is 0. The molecule has 0 bridgehead atoms. The molecule has 3 heterocycles. The van der Waals surface area contributed by atoms with Gasteiger partial charge < -0.3 is 14.6 Å². The summed E-state index contributed by atoms with van der Waals surface area (Å²) in [7, 11) is 0.733. The monoisotopic (exact) mass is 802 g/mol. The van der Waals surface area contributed by atoms with Gasteiger partial charge in [0.25, 0.3) is 0 Å². The van der Waals surface area contributed by atoms with Gasteiger partial charge in [-0.15, -0.1) is 0 Å². The molecule has 2 aliphatic heterocycles. The maximum atomic E-state index is 7.08. The van der Waals surface area contributed by atoms with Gasteiger partial charge in [0.2, 0.25) is 0 Å². The number of rotatable bonds is 6. The van der Waals surface area contributed by atoms with E-state index in [1.807, 2.05) is 0 Å². The van der Waals surface area contributed by atoms with Crippen molar-refractivity contribution in [2.45, 2.75) is 5.41 Å². The SMILES string of the molecule is B1c2cccc3c2N(c2ccccc2C3(c2ccccc2)c2ccccc2)c2c1c(-c1ccc3ccccc3c1Nc1ccc(-c3ccccc3)cc1)cc1c2oc2ccccc21. The van der Waals surface area contributed by atoms with E-state index >= 15 is 0 Å². The Morgan fingerprint density at radius 2 is 1.10 bits per heavy atom. The molecular weight excluding hydrogens is 763 g/mol. The number of anilines is 5. The van der Waals surface area contributed by atoms with E-state index in [1.54, 1.807) is 0 Å². The molecule has 0 unspecified atom stereocenters. The van der Waals surface area contributed by atoms with Crippen molar-refractivity contribution in [3.05, 3.63) is 247 Å². The first-order valence-electron chi connectivity index (χ1n) is 21.8. The van der Waals surface area contributed by atoms with Crippen molar-refractivity contribution in [1.82, 2.24) is 0 Å². The summed E-state index contributed by atoms with van der Waals surface area (Å²) in [6.07, 6.45) is 0. The van der Waals surface area contributed by atoms with Crippen molar-refractivity contribution >= 4 is 79.4 Å². The minimum absolute atomic E-state index is 0.561. The standard InChI is InChI=1S/C59H39BN2O/c1-4-17-38(18-5-1)39-31-34-43(35-32-39)61-55-44-24-11-10-19-40(44)33-36-46(55)47-37-48-45-25-12-15-30-53(45)63-58(48)57-54(47)60-51-28-16-27-50-56(51)62(57)52-29-14-13-26-49(52)59(50,41-20-6-2-7-21-41)42-22-8-3-9-23-42/h1-37,60-61H. The summed E-state index contributed by atoms with van der Waals surface area (Å²) in [5, 5.41) is 8.54. The molecule has 1 N–H and O–H groups in total. The Morgan fingerprint density at radius 1 is 0.460 bits per heavy atom. The molecule has 0 atom stereocenters. The number of nitrogens with one attached hydrogen (secondary N) is 1. The minimum Gasteiger partial charge on any atom is -0.454 e. The molecule has 13 rings (SSSR count). The zero-order chi connectivity index (χ0) is 41.5. The molecular formula is C59H39BN2O. The summed E-state index contributed by atoms with van der Waals surface area (Å²) >= 11 is 0. The van der Waals surface area contributed by atoms with E-state index in [4.69, 9.17) is 4.42 Å². The first kappa shape index (κ1) is 35.7. The summed E-state index contributed by atoms with van der Waals surface area (Å²) in [4.78, 5) is 2.55. The van der Waals surface area contributed by atoms with Crippen molar-refractivity contribution in [1.29, 1.82) is 0 Å². The zero-order valence-electron chi connectivity index (χ0n) is 34.4. The van der Waals surface area contributed by atoms with Crippen LogP contribution < -0.4 is 21.1 Å². The second kappa shape index (κ2) is 14.0. The fourth-order valence-corrected chi connectivity index (χ4v) is 10.8. The van der Waals surface area contributed by atoms with Crippen LogP contribution in [0.4, 0.5) is 28.4 Å². The van der Waals surface area contributed by atoms with Gasteiger partial charge in [0, 0.05) is 33.1 Å². The van der Waals surface area contributed by atoms with E-state index in [9.17, 15) is 0 Å². The lowest BCUT2D eigenvalue weighted by molar-refractivity contribution is 0.668. The number of hydrogen-bond acceptors (Lipinski definition) is 3. The highest BCUT2D eigenvalue weighted by Crippen LogP contribution is 2.59. The average molecular weight is 803 g/mol. The van der Waals surface area contributed by atoms with Gasteiger partial charge in [0.1, 0.15) is 5.58 Å². The number of nitrogens with zero attached hydrogens (tertiary/aromatic N) is 1. The van der Waals surface area contributed by atoms with Crippen LogP contribution in [-0.2, 0) is 5.41 Å². The van der Waals surface area contributed by atoms with Crippen LogP contribution in [0.15, 0.2) is 229 Å². The molecule has 0 radical (unpaired) electrons. The second-order valence-corrected chi connectivity index (χ2v) is 16.8. The molecule has 63 heavy (non-hydrogen) atoms. The van der Waals surface area contributed by atoms with Crippen LogP contribution in [0.5, 0.6) is 0 Å². The van der Waals surface area contributed by atoms with E-state index < -0.39 is 5.41 Å². The molecule has 4 heteroatoms. The molecule has 0 aliphatic carbocycles. The van der Waals surface area contributed by atoms with Crippen LogP contribution in [0.3, 0.4) is 0 Å². The Hall–Kier alpha value is -8.08. The highest BCUT2D eigenvalue weighted by molar-refractivity contribution is 6.74. The highest BCUT2D eigenvalue weighted by atomic mass is 16.3. The Kier molecular flexibility index (Phi) is 7.92. The van der Waals surface area contributed by atoms with Gasteiger partial charge in [-0.25, -0.2) is 0 Å². The minimum atomic E-state index is -0.561. The summed E-state index contributed by atoms with van der Waals surface area (Å²) in [5.74, 6) is 0. The Morgan fingerprint density at radius 3 is 1.87 bits per heavy atom. The predicted molar refractivity (Wildman–Crippen MR) is 265 cm³/mol. The fraction of sp³-hybridized carbons (Fsp3) is 0.0169. The van der Waals surface area contributed by atoms with Crippen molar-refractivity contribution < 1.29 is 4.42 Å². The van der Waals surface area contributed by atoms with E-state index in [0.29, 0.717) is 0 Å². The zero-order valence-corrected chi connectivity index (χ0v) is 34.4. The van der Waals surface area contributed by atoms with Crippen molar-refractivity contribution in [3.63, 3.8) is 0 Å². The maximum absolute atomic E-state index is 7.08. The first-order valence-corrected chi connectivity index (χ1v) is 21.8. The van der Waals surface area contributed by atoms with E-state index in [0.717, 1.165) is 57.5 Å². The quantitative estimate of drug-likeness (QED) is 0.170. The van der Waals surface area contributed by atoms with Gasteiger partial charge in [0.05, 0.1) is 22.5 Å². The smallest absolute Gasteiger partial charge is 0.198 e. The van der Waals surface area contributed by atoms with Crippen molar-refractivity contribution in [3.8, 4) is 22.3 Å². The number of furan rings is 1. The number of hydrogen-bond donors (Lipinski definition) is 1. The molecule has 0 saturated heterocycles. The molecule has 0 spiro atoms. The van der Waals surface area contributed by atoms with Gasteiger partial charge in [-0.3, -0.25) is 0 Å². The summed E-state index contributed by atoms with van der Waals surface area (Å²) in [5.41, 5.74) is 19.1. The lowest BCUT2D eigenvalue weighted by Crippen LogP contribution is -2.47. The Labute approximate surface area is 366 Å². The molecule has 0 fully saturated rings. The average Bonchev–Trinajstić information content (AvgIpc) is 3.73. The van der Waals surface area contributed by atoms with Crippen LogP contribution in [0.1, 0.15) is 22.3 Å². The van der Waals surface area contributed by atoms with Gasteiger partial charge >= 0.3 is 0 Å². The van der Waals surface area contributed by atoms with Gasteiger partial charge in [-0.1, -0.05) is 200 Å². The van der Waals surface area contributed by atoms with Gasteiger partial charge in [-0.2, -0.15) is 0 Å². The topological polar surface area (TPSA) is 28.4 Å². The lowest BCUT2D eigenvalue weighted by atomic mass is 9.54. The third-order valence-corrected chi connectivity index (χ3v) is 13.5. The summed E-state index contributed by atoms with van der Waals surface area (Å²) in [6, 6.07) is 81.8. The molecule has 10 aromatic carbocycles. The second-order valence-electron chi connectivity index (χ2n) is 16.8. The van der Waals surface area contributed by atoms with Gasteiger partial charge in [0.15, 0.2) is 12.9 Å². The van der Waals surface area contributed by atoms with Crippen molar-refractivity contribution in [2.75, 3.05) is 10.2 Å². The molecule has 3 nitrogen and oxygen atoms in total. The largest absolute Gasteiger partial charge is 0.454 e. The maximum Gasteiger partial charge on any atom is 0.198 e. The van der Waals surface area contributed by atoms with E-state index in [2.05, 4.69) is 235 Å². The number of benzene rings is 10. The van der Waals surface area contributed by atoms with E-state index in [1.165, 1.54) is 66.3 Å². The fourth-order valence-electron chi connectivity index (χ4n) is 10.8. The molecule has 11 aromatic rings. The molecule has 294 valence electrons. The highest BCUT2D eigenvalue weighted by Gasteiger charge is 2.49. The van der Waals surface area contributed by atoms with Gasteiger partial charge in [-0.05, 0) is 80.1 Å². The Bertz CT molecular complexity index is 3520. The van der Waals surface area contributed by atoms with Crippen LogP contribution in [-0.4, -0.2) is 7.28 Å². The molecule has 1 aromatic heterocycles. The van der Waals surface area contributed by atoms with Crippen LogP contribution in [0, 0.1) is 0 Å². The lowest BCUT2D eigenvalue weighted by Gasteiger charge is -2.49. The van der Waals surface area contributed by atoms with Crippen molar-refractivity contribution in [2.24, 2.45) is 0 Å². The van der Waals surface area contributed by atoms with Crippen LogP contribution >= 0.6 is 0 Å². The molecule has 0 saturated carbocycles. The Balaban J connectivity index is 1.10. The van der Waals surface area contributed by atoms with Crippen LogP contribution in [0.25, 0.3) is 55.0 Å². The van der Waals surface area contributed by atoms with E-state index in [-0.39, 0.29) is 0 Å². The predicted octanol–water partition coefficient (Wildman–Crippen LogP) is 13.7.